The van der Waals surface area contributed by atoms with Crippen molar-refractivity contribution in [1.82, 2.24) is 10.0 Å². The lowest BCUT2D eigenvalue weighted by Crippen LogP contribution is -2.29. The monoisotopic (exact) mass is 313 g/mol. The van der Waals surface area contributed by atoms with E-state index in [-0.39, 0.29) is 11.8 Å². The number of hydrogen-bond acceptors (Lipinski definition) is 4. The van der Waals surface area contributed by atoms with Gasteiger partial charge in [0.25, 0.3) is 0 Å². The molecule has 0 aliphatic rings. The molecule has 0 bridgehead atoms. The van der Waals surface area contributed by atoms with Crippen LogP contribution in [0, 0.1) is 0 Å². The molecule has 118 valence electrons. The number of nitrogens with two attached hydrogens (primary N) is 1. The van der Waals surface area contributed by atoms with Gasteiger partial charge in [-0.05, 0) is 30.0 Å². The first kappa shape index (κ1) is 17.5. The smallest absolute Gasteiger partial charge is 0.220 e. The highest BCUT2D eigenvalue weighted by Crippen LogP contribution is 2.19. The second-order valence-corrected chi connectivity index (χ2v) is 6.97. The molecule has 1 aromatic rings. The maximum Gasteiger partial charge on any atom is 0.220 e. The number of rotatable bonds is 8. The van der Waals surface area contributed by atoms with Crippen LogP contribution in [-0.2, 0) is 14.8 Å². The average Bonchev–Trinajstić information content (AvgIpc) is 2.37. The normalized spacial score (nSPS) is 12.9. The van der Waals surface area contributed by atoms with Crippen LogP contribution < -0.4 is 15.8 Å². The zero-order valence-electron chi connectivity index (χ0n) is 12.4. The zero-order chi connectivity index (χ0) is 15.9. The van der Waals surface area contributed by atoms with Gasteiger partial charge in [0.15, 0.2) is 0 Å². The number of benzene rings is 1. The Kier molecular flexibility index (Phi) is 6.64. The third-order valence-corrected chi connectivity index (χ3v) is 3.77. The standard InChI is InChI=1S/C14H23N3O3S/c1-11(12-4-6-13(15)7-5-12)10-14(18)16-8-3-9-17-21(2,19)20/h4-7,11,17H,3,8-10,15H2,1-2H3,(H,16,18). The topological polar surface area (TPSA) is 101 Å². The van der Waals surface area contributed by atoms with E-state index in [0.29, 0.717) is 31.6 Å². The molecule has 4 N–H and O–H groups in total. The fourth-order valence-corrected chi connectivity index (χ4v) is 2.38. The first-order chi connectivity index (χ1) is 9.78. The summed E-state index contributed by atoms with van der Waals surface area (Å²) in [5, 5.41) is 2.78. The molecule has 21 heavy (non-hydrogen) atoms. The minimum Gasteiger partial charge on any atom is -0.399 e. The van der Waals surface area contributed by atoms with Gasteiger partial charge in [-0.25, -0.2) is 13.1 Å². The lowest BCUT2D eigenvalue weighted by molar-refractivity contribution is -0.121. The van der Waals surface area contributed by atoms with E-state index in [4.69, 9.17) is 5.73 Å². The third-order valence-electron chi connectivity index (χ3n) is 3.04. The van der Waals surface area contributed by atoms with Crippen molar-refractivity contribution < 1.29 is 13.2 Å². The van der Waals surface area contributed by atoms with Crippen molar-refractivity contribution in [2.24, 2.45) is 0 Å². The Morgan fingerprint density at radius 2 is 1.86 bits per heavy atom. The van der Waals surface area contributed by atoms with Crippen LogP contribution in [0.4, 0.5) is 5.69 Å². The van der Waals surface area contributed by atoms with Gasteiger partial charge in [-0.1, -0.05) is 19.1 Å². The Morgan fingerprint density at radius 3 is 2.43 bits per heavy atom. The van der Waals surface area contributed by atoms with Crippen LogP contribution in [0.3, 0.4) is 0 Å². The molecule has 0 aromatic heterocycles. The van der Waals surface area contributed by atoms with Crippen LogP contribution >= 0.6 is 0 Å². The average molecular weight is 313 g/mol. The summed E-state index contributed by atoms with van der Waals surface area (Å²) in [6.07, 6.45) is 2.07. The molecule has 7 heteroatoms. The van der Waals surface area contributed by atoms with E-state index < -0.39 is 10.0 Å². The quantitative estimate of drug-likeness (QED) is 0.488. The SMILES string of the molecule is CC(CC(=O)NCCCNS(C)(=O)=O)c1ccc(N)cc1. The van der Waals surface area contributed by atoms with E-state index in [2.05, 4.69) is 10.0 Å². The summed E-state index contributed by atoms with van der Waals surface area (Å²) in [6, 6.07) is 7.48. The molecular weight excluding hydrogens is 290 g/mol. The van der Waals surface area contributed by atoms with Crippen molar-refractivity contribution >= 4 is 21.6 Å². The molecule has 0 heterocycles. The predicted octanol–water partition coefficient (Wildman–Crippen LogP) is 0.818. The lowest BCUT2D eigenvalue weighted by atomic mass is 9.97. The summed E-state index contributed by atoms with van der Waals surface area (Å²) in [5.74, 6) is 0.0680. The van der Waals surface area contributed by atoms with Crippen LogP contribution in [0.2, 0.25) is 0 Å². The molecule has 0 spiro atoms. The van der Waals surface area contributed by atoms with E-state index in [9.17, 15) is 13.2 Å². The van der Waals surface area contributed by atoms with Gasteiger partial charge in [-0.15, -0.1) is 0 Å². The maximum atomic E-state index is 11.8. The maximum absolute atomic E-state index is 11.8. The summed E-state index contributed by atoms with van der Waals surface area (Å²) in [7, 11) is -3.16. The van der Waals surface area contributed by atoms with Crippen LogP contribution in [0.1, 0.15) is 31.2 Å². The predicted molar refractivity (Wildman–Crippen MR) is 84.4 cm³/mol. The lowest BCUT2D eigenvalue weighted by Gasteiger charge is -2.12. The van der Waals surface area contributed by atoms with Gasteiger partial charge in [0.2, 0.25) is 15.9 Å². The fraction of sp³-hybridized carbons (Fsp3) is 0.500. The molecule has 0 radical (unpaired) electrons. The van der Waals surface area contributed by atoms with Crippen molar-refractivity contribution in [3.8, 4) is 0 Å². The zero-order valence-corrected chi connectivity index (χ0v) is 13.2. The highest BCUT2D eigenvalue weighted by Gasteiger charge is 2.10. The molecule has 1 amide bonds. The Hall–Kier alpha value is -1.60. The van der Waals surface area contributed by atoms with Gasteiger partial charge >= 0.3 is 0 Å². The second-order valence-electron chi connectivity index (χ2n) is 5.14. The Labute approximate surface area is 126 Å². The molecule has 1 rings (SSSR count). The highest BCUT2D eigenvalue weighted by molar-refractivity contribution is 7.88. The van der Waals surface area contributed by atoms with E-state index in [1.807, 2.05) is 31.2 Å². The number of anilines is 1. The molecule has 0 saturated carbocycles. The van der Waals surface area contributed by atoms with Gasteiger partial charge in [0.05, 0.1) is 6.26 Å². The van der Waals surface area contributed by atoms with Crippen LogP contribution in [0.15, 0.2) is 24.3 Å². The van der Waals surface area contributed by atoms with Crippen LogP contribution in [0.25, 0.3) is 0 Å². The summed E-state index contributed by atoms with van der Waals surface area (Å²) in [6.45, 7) is 2.76. The van der Waals surface area contributed by atoms with Gasteiger partial charge in [-0.2, -0.15) is 0 Å². The number of nitrogens with one attached hydrogen (secondary N) is 2. The number of carbonyl (C=O) groups excluding carboxylic acids is 1. The van der Waals surface area contributed by atoms with Crippen molar-refractivity contribution in [3.05, 3.63) is 29.8 Å². The molecular formula is C14H23N3O3S. The molecule has 1 atom stereocenters. The van der Waals surface area contributed by atoms with E-state index in [1.54, 1.807) is 0 Å². The minimum atomic E-state index is -3.16. The molecule has 1 aromatic carbocycles. The van der Waals surface area contributed by atoms with Crippen LogP contribution in [0.5, 0.6) is 0 Å². The number of sulfonamides is 1. The Balaban J connectivity index is 2.25. The van der Waals surface area contributed by atoms with E-state index in [1.165, 1.54) is 0 Å². The van der Waals surface area contributed by atoms with Crippen molar-refractivity contribution in [1.29, 1.82) is 0 Å². The van der Waals surface area contributed by atoms with Crippen molar-refractivity contribution in [3.63, 3.8) is 0 Å². The molecule has 0 aliphatic carbocycles. The second kappa shape index (κ2) is 7.99. The van der Waals surface area contributed by atoms with Crippen LogP contribution in [-0.4, -0.2) is 33.7 Å². The van der Waals surface area contributed by atoms with E-state index in [0.717, 1.165) is 11.8 Å². The highest BCUT2D eigenvalue weighted by atomic mass is 32.2. The third kappa shape index (κ3) is 7.67. The largest absolute Gasteiger partial charge is 0.399 e. The Bertz CT molecular complexity index is 555. The summed E-state index contributed by atoms with van der Waals surface area (Å²) < 4.78 is 24.1. The molecule has 0 saturated heterocycles. The number of amides is 1. The molecule has 0 fully saturated rings. The summed E-state index contributed by atoms with van der Waals surface area (Å²) in [5.41, 5.74) is 7.40. The molecule has 1 unspecified atom stereocenters. The molecule has 0 aliphatic heterocycles. The van der Waals surface area contributed by atoms with Crippen molar-refractivity contribution in [2.45, 2.75) is 25.7 Å². The fourth-order valence-electron chi connectivity index (χ4n) is 1.87. The summed E-state index contributed by atoms with van der Waals surface area (Å²) >= 11 is 0. The number of carbonyl (C=O) groups is 1. The first-order valence-corrected chi connectivity index (χ1v) is 8.74. The Morgan fingerprint density at radius 1 is 1.24 bits per heavy atom. The van der Waals surface area contributed by atoms with Gasteiger partial charge < -0.3 is 11.1 Å². The minimum absolute atomic E-state index is 0.0429. The first-order valence-electron chi connectivity index (χ1n) is 6.84. The number of nitrogen functional groups attached to an aromatic ring is 1. The van der Waals surface area contributed by atoms with E-state index >= 15 is 0 Å². The number of hydrogen-bond donors (Lipinski definition) is 3. The molecule has 6 nitrogen and oxygen atoms in total. The van der Waals surface area contributed by atoms with Gasteiger partial charge in [0, 0.05) is 25.2 Å². The van der Waals surface area contributed by atoms with Gasteiger partial charge in [0.1, 0.15) is 0 Å². The van der Waals surface area contributed by atoms with Gasteiger partial charge in [-0.3, -0.25) is 4.79 Å². The van der Waals surface area contributed by atoms with Crippen molar-refractivity contribution in [2.75, 3.05) is 25.1 Å². The summed E-state index contributed by atoms with van der Waals surface area (Å²) in [4.78, 5) is 11.8.